The quantitative estimate of drug-likeness (QED) is 0.927. The van der Waals surface area contributed by atoms with E-state index in [1.54, 1.807) is 0 Å². The van der Waals surface area contributed by atoms with Crippen LogP contribution in [0.2, 0.25) is 0 Å². The Kier molecular flexibility index (Phi) is 4.60. The Morgan fingerprint density at radius 3 is 2.14 bits per heavy atom. The molecule has 4 nitrogen and oxygen atoms in total. The van der Waals surface area contributed by atoms with E-state index in [4.69, 9.17) is 0 Å². The molecule has 21 heavy (non-hydrogen) atoms. The first-order valence-corrected chi connectivity index (χ1v) is 8.03. The molecule has 0 aliphatic carbocycles. The fraction of sp³-hybridized carbons (Fsp3) is 0.538. The standard InChI is InChI=1S/C13H17F3N2O2S/c1-18(11-6-8-17-9-7-11)21(19,20)12-4-2-10(3-5-12)13(14,15)16/h2-5,11,17H,6-9H2,1H3. The molecule has 1 N–H and O–H groups in total. The van der Waals surface area contributed by atoms with E-state index in [9.17, 15) is 21.6 Å². The first-order chi connectivity index (χ1) is 9.73. The first-order valence-electron chi connectivity index (χ1n) is 6.59. The summed E-state index contributed by atoms with van der Waals surface area (Å²) >= 11 is 0. The molecule has 1 aromatic rings. The molecule has 0 unspecified atom stereocenters. The summed E-state index contributed by atoms with van der Waals surface area (Å²) in [4.78, 5) is -0.114. The second-order valence-electron chi connectivity index (χ2n) is 5.02. The second kappa shape index (κ2) is 5.94. The van der Waals surface area contributed by atoms with Gasteiger partial charge in [0, 0.05) is 13.1 Å². The highest BCUT2D eigenvalue weighted by Gasteiger charge is 2.32. The number of halogens is 3. The highest BCUT2D eigenvalue weighted by molar-refractivity contribution is 7.89. The van der Waals surface area contributed by atoms with Crippen molar-refractivity contribution in [3.63, 3.8) is 0 Å². The van der Waals surface area contributed by atoms with Crippen LogP contribution in [-0.2, 0) is 16.2 Å². The van der Waals surface area contributed by atoms with Crippen molar-refractivity contribution in [2.24, 2.45) is 0 Å². The summed E-state index contributed by atoms with van der Waals surface area (Å²) in [6, 6.07) is 3.48. The fourth-order valence-electron chi connectivity index (χ4n) is 2.35. The number of rotatable bonds is 3. The molecule has 1 aromatic carbocycles. The maximum absolute atomic E-state index is 12.5. The van der Waals surface area contributed by atoms with E-state index in [2.05, 4.69) is 5.32 Å². The number of hydrogen-bond donors (Lipinski definition) is 1. The van der Waals surface area contributed by atoms with E-state index in [0.717, 1.165) is 37.4 Å². The number of piperidine rings is 1. The zero-order valence-electron chi connectivity index (χ0n) is 11.5. The Balaban J connectivity index is 2.22. The minimum atomic E-state index is -4.47. The van der Waals surface area contributed by atoms with Crippen molar-refractivity contribution in [2.45, 2.75) is 30.0 Å². The van der Waals surface area contributed by atoms with Crippen molar-refractivity contribution in [1.29, 1.82) is 0 Å². The highest BCUT2D eigenvalue weighted by atomic mass is 32.2. The summed E-state index contributed by atoms with van der Waals surface area (Å²) in [7, 11) is -2.29. The largest absolute Gasteiger partial charge is 0.416 e. The van der Waals surface area contributed by atoms with Crippen LogP contribution in [-0.4, -0.2) is 38.9 Å². The lowest BCUT2D eigenvalue weighted by Gasteiger charge is -2.30. The molecule has 0 radical (unpaired) electrons. The van der Waals surface area contributed by atoms with Gasteiger partial charge in [0.1, 0.15) is 0 Å². The van der Waals surface area contributed by atoms with Gasteiger partial charge >= 0.3 is 6.18 Å². The normalized spacial score (nSPS) is 18.1. The topological polar surface area (TPSA) is 49.4 Å². The van der Waals surface area contributed by atoms with Crippen LogP contribution in [0, 0.1) is 0 Å². The maximum atomic E-state index is 12.5. The van der Waals surface area contributed by atoms with Crippen LogP contribution in [0.5, 0.6) is 0 Å². The van der Waals surface area contributed by atoms with Gasteiger partial charge in [-0.15, -0.1) is 0 Å². The van der Waals surface area contributed by atoms with E-state index in [1.165, 1.54) is 11.4 Å². The molecule has 0 atom stereocenters. The van der Waals surface area contributed by atoms with Gasteiger partial charge in [0.2, 0.25) is 10.0 Å². The van der Waals surface area contributed by atoms with E-state index in [1.807, 2.05) is 0 Å². The molecular weight excluding hydrogens is 305 g/mol. The van der Waals surface area contributed by atoms with Crippen LogP contribution in [0.15, 0.2) is 29.2 Å². The predicted molar refractivity (Wildman–Crippen MR) is 72.3 cm³/mol. The number of hydrogen-bond acceptors (Lipinski definition) is 3. The van der Waals surface area contributed by atoms with Crippen LogP contribution < -0.4 is 5.32 Å². The molecule has 1 aliphatic heterocycles. The van der Waals surface area contributed by atoms with Gasteiger partial charge in [-0.2, -0.15) is 17.5 Å². The Morgan fingerprint density at radius 2 is 1.67 bits per heavy atom. The van der Waals surface area contributed by atoms with Crippen molar-refractivity contribution in [3.05, 3.63) is 29.8 Å². The Labute approximate surface area is 122 Å². The average Bonchev–Trinajstić information content (AvgIpc) is 2.46. The molecule has 8 heteroatoms. The minimum absolute atomic E-state index is 0.114. The van der Waals surface area contributed by atoms with E-state index in [0.29, 0.717) is 12.8 Å². The molecule has 0 bridgehead atoms. The van der Waals surface area contributed by atoms with Gasteiger partial charge in [-0.25, -0.2) is 8.42 Å². The molecule has 1 fully saturated rings. The van der Waals surface area contributed by atoms with Gasteiger partial charge < -0.3 is 5.32 Å². The molecule has 118 valence electrons. The van der Waals surface area contributed by atoms with Gasteiger partial charge in [0.25, 0.3) is 0 Å². The maximum Gasteiger partial charge on any atom is 0.416 e. The third-order valence-electron chi connectivity index (χ3n) is 3.68. The summed E-state index contributed by atoms with van der Waals surface area (Å²) in [5.74, 6) is 0. The molecule has 1 heterocycles. The third-order valence-corrected chi connectivity index (χ3v) is 5.61. The number of nitrogens with one attached hydrogen (secondary N) is 1. The smallest absolute Gasteiger partial charge is 0.317 e. The molecule has 0 amide bonds. The average molecular weight is 322 g/mol. The number of nitrogens with zero attached hydrogens (tertiary/aromatic N) is 1. The van der Waals surface area contributed by atoms with Crippen molar-refractivity contribution >= 4 is 10.0 Å². The Hall–Kier alpha value is -1.12. The molecule has 0 spiro atoms. The highest BCUT2D eigenvalue weighted by Crippen LogP contribution is 2.30. The van der Waals surface area contributed by atoms with Crippen molar-refractivity contribution in [3.8, 4) is 0 Å². The third kappa shape index (κ3) is 3.56. The van der Waals surface area contributed by atoms with Crippen LogP contribution in [0.4, 0.5) is 13.2 Å². The number of sulfonamides is 1. The van der Waals surface area contributed by atoms with E-state index in [-0.39, 0.29) is 10.9 Å². The minimum Gasteiger partial charge on any atom is -0.317 e. The Morgan fingerprint density at radius 1 is 1.14 bits per heavy atom. The number of alkyl halides is 3. The molecule has 1 aliphatic rings. The summed E-state index contributed by atoms with van der Waals surface area (Å²) in [5, 5.41) is 3.14. The first kappa shape index (κ1) is 16.3. The fourth-order valence-corrected chi connectivity index (χ4v) is 3.76. The van der Waals surface area contributed by atoms with Gasteiger partial charge in [0.15, 0.2) is 0 Å². The number of benzene rings is 1. The molecule has 0 aromatic heterocycles. The van der Waals surface area contributed by atoms with Crippen LogP contribution >= 0.6 is 0 Å². The van der Waals surface area contributed by atoms with Crippen molar-refractivity contribution < 1.29 is 21.6 Å². The zero-order chi connectivity index (χ0) is 15.7. The summed E-state index contributed by atoms with van der Waals surface area (Å²) in [6.07, 6.45) is -3.09. The monoisotopic (exact) mass is 322 g/mol. The lowest BCUT2D eigenvalue weighted by molar-refractivity contribution is -0.137. The summed E-state index contributed by atoms with van der Waals surface area (Å²) in [5.41, 5.74) is -0.856. The summed E-state index contributed by atoms with van der Waals surface area (Å²) < 4.78 is 63.6. The van der Waals surface area contributed by atoms with Gasteiger partial charge in [0.05, 0.1) is 10.5 Å². The lowest BCUT2D eigenvalue weighted by atomic mass is 10.1. The van der Waals surface area contributed by atoms with Crippen LogP contribution in [0.3, 0.4) is 0 Å². The molecule has 1 saturated heterocycles. The Bertz CT molecular complexity index is 578. The molecular formula is C13H17F3N2O2S. The second-order valence-corrected chi connectivity index (χ2v) is 7.02. The SMILES string of the molecule is CN(C1CCNCC1)S(=O)(=O)c1ccc(C(F)(F)F)cc1. The lowest BCUT2D eigenvalue weighted by Crippen LogP contribution is -2.43. The van der Waals surface area contributed by atoms with E-state index >= 15 is 0 Å². The van der Waals surface area contributed by atoms with Gasteiger partial charge in [-0.05, 0) is 50.2 Å². The van der Waals surface area contributed by atoms with Crippen molar-refractivity contribution in [1.82, 2.24) is 9.62 Å². The van der Waals surface area contributed by atoms with Gasteiger partial charge in [-0.3, -0.25) is 0 Å². The summed E-state index contributed by atoms with van der Waals surface area (Å²) in [6.45, 7) is 1.47. The van der Waals surface area contributed by atoms with Gasteiger partial charge in [-0.1, -0.05) is 0 Å². The molecule has 2 rings (SSSR count). The molecule has 0 saturated carbocycles. The van der Waals surface area contributed by atoms with E-state index < -0.39 is 21.8 Å². The van der Waals surface area contributed by atoms with Crippen LogP contribution in [0.1, 0.15) is 18.4 Å². The predicted octanol–water partition coefficient (Wildman–Crippen LogP) is 2.08. The van der Waals surface area contributed by atoms with Crippen molar-refractivity contribution in [2.75, 3.05) is 20.1 Å². The van der Waals surface area contributed by atoms with Crippen LogP contribution in [0.25, 0.3) is 0 Å². The zero-order valence-corrected chi connectivity index (χ0v) is 12.3.